The maximum absolute atomic E-state index is 12.8. The van der Waals surface area contributed by atoms with Crippen molar-refractivity contribution in [2.75, 3.05) is 24.8 Å². The largest absolute Gasteiger partial charge is 0.494 e. The third-order valence-electron chi connectivity index (χ3n) is 7.72. The van der Waals surface area contributed by atoms with E-state index in [1.165, 1.54) is 113 Å². The zero-order valence-corrected chi connectivity index (χ0v) is 26.6. The summed E-state index contributed by atoms with van der Waals surface area (Å²) in [6, 6.07) is 12.8. The number of anilines is 1. The highest BCUT2D eigenvalue weighted by atomic mass is 32.2. The molecule has 228 valence electrons. The van der Waals surface area contributed by atoms with Crippen LogP contribution >= 0.6 is 11.8 Å². The molecule has 41 heavy (non-hydrogen) atoms. The molecule has 0 unspecified atom stereocenters. The number of hydrogen-bond acceptors (Lipinski definition) is 4. The first-order valence-electron chi connectivity index (χ1n) is 15.9. The molecule has 0 atom stereocenters. The predicted octanol–water partition coefficient (Wildman–Crippen LogP) is 9.95. The van der Waals surface area contributed by atoms with Gasteiger partial charge in [-0.05, 0) is 48.6 Å². The van der Waals surface area contributed by atoms with E-state index >= 15 is 0 Å². The Kier molecular flexibility index (Phi) is 18.0. The van der Waals surface area contributed by atoms with Crippen molar-refractivity contribution in [3.63, 3.8) is 0 Å². The van der Waals surface area contributed by atoms with Gasteiger partial charge in [0.15, 0.2) is 0 Å². The summed E-state index contributed by atoms with van der Waals surface area (Å²) in [7, 11) is 1.68. The van der Waals surface area contributed by atoms with Crippen LogP contribution in [0.4, 0.5) is 5.69 Å². The first-order valence-corrected chi connectivity index (χ1v) is 17.1. The minimum Gasteiger partial charge on any atom is -0.494 e. The van der Waals surface area contributed by atoms with E-state index in [1.54, 1.807) is 25.2 Å². The minimum atomic E-state index is -0.993. The van der Waals surface area contributed by atoms with Crippen molar-refractivity contribution in [3.8, 4) is 5.75 Å². The van der Waals surface area contributed by atoms with Crippen LogP contribution in [-0.2, 0) is 11.2 Å². The van der Waals surface area contributed by atoms with Crippen LogP contribution < -0.4 is 9.64 Å². The second-order valence-corrected chi connectivity index (χ2v) is 12.0. The van der Waals surface area contributed by atoms with Crippen molar-refractivity contribution in [2.45, 2.75) is 121 Å². The van der Waals surface area contributed by atoms with Gasteiger partial charge in [-0.15, -0.1) is 11.8 Å². The number of unbranched alkanes of at least 4 members (excludes halogenated alkanes) is 15. The zero-order valence-electron chi connectivity index (χ0n) is 25.8. The lowest BCUT2D eigenvalue weighted by Gasteiger charge is -2.19. The van der Waals surface area contributed by atoms with Gasteiger partial charge in [0.2, 0.25) is 5.91 Å². The predicted molar refractivity (Wildman–Crippen MR) is 174 cm³/mol. The van der Waals surface area contributed by atoms with Crippen molar-refractivity contribution in [1.82, 2.24) is 0 Å². The SMILES string of the molecule is CCCCCCCCCCCCCCCCCCOc1ccc(CC(=O)N(C)c2ccc(SC)c(C(=O)O)c2)cc1. The average Bonchev–Trinajstić information content (AvgIpc) is 2.98. The lowest BCUT2D eigenvalue weighted by Crippen LogP contribution is -2.28. The molecule has 0 aliphatic rings. The van der Waals surface area contributed by atoms with E-state index in [-0.39, 0.29) is 17.9 Å². The highest BCUT2D eigenvalue weighted by Gasteiger charge is 2.16. The number of ether oxygens (including phenoxy) is 1. The molecule has 0 saturated heterocycles. The van der Waals surface area contributed by atoms with Crippen molar-refractivity contribution in [3.05, 3.63) is 53.6 Å². The Labute approximate surface area is 253 Å². The molecular formula is C35H53NO4S. The monoisotopic (exact) mass is 583 g/mol. The van der Waals surface area contributed by atoms with Gasteiger partial charge in [0.25, 0.3) is 0 Å². The maximum atomic E-state index is 12.8. The molecule has 0 radical (unpaired) electrons. The van der Waals surface area contributed by atoms with Crippen LogP contribution in [-0.4, -0.2) is 36.9 Å². The molecule has 0 spiro atoms. The van der Waals surface area contributed by atoms with Gasteiger partial charge < -0.3 is 14.7 Å². The van der Waals surface area contributed by atoms with Gasteiger partial charge in [-0.2, -0.15) is 0 Å². The number of thioether (sulfide) groups is 1. The van der Waals surface area contributed by atoms with Gasteiger partial charge in [0.05, 0.1) is 18.6 Å². The van der Waals surface area contributed by atoms with Gasteiger partial charge in [-0.25, -0.2) is 4.79 Å². The average molecular weight is 584 g/mol. The molecule has 2 rings (SSSR count). The summed E-state index contributed by atoms with van der Waals surface area (Å²) in [6.07, 6.45) is 23.8. The number of nitrogens with zero attached hydrogens (tertiary/aromatic N) is 1. The Morgan fingerprint density at radius 3 is 1.76 bits per heavy atom. The Morgan fingerprint density at radius 2 is 1.27 bits per heavy atom. The Balaban J connectivity index is 1.53. The molecule has 0 saturated carbocycles. The number of rotatable bonds is 23. The standard InChI is InChI=1S/C35H53NO4S/c1-4-5-6-7-8-9-10-11-12-13-14-15-16-17-18-19-26-40-31-23-20-29(21-24-31)27-34(37)36(2)30-22-25-33(41-3)32(28-30)35(38)39/h20-25,28H,4-19,26-27H2,1-3H3,(H,38,39). The van der Waals surface area contributed by atoms with Gasteiger partial charge in [0.1, 0.15) is 5.75 Å². The van der Waals surface area contributed by atoms with Crippen LogP contribution in [0.1, 0.15) is 126 Å². The van der Waals surface area contributed by atoms with E-state index in [4.69, 9.17) is 4.74 Å². The summed E-state index contributed by atoms with van der Waals surface area (Å²) in [4.78, 5) is 26.6. The van der Waals surface area contributed by atoms with Crippen molar-refractivity contribution < 1.29 is 19.4 Å². The number of hydrogen-bond donors (Lipinski definition) is 1. The third kappa shape index (κ3) is 14.3. The molecule has 6 heteroatoms. The molecule has 0 aliphatic carbocycles. The molecule has 0 bridgehead atoms. The van der Waals surface area contributed by atoms with E-state index in [0.717, 1.165) is 24.3 Å². The highest BCUT2D eigenvalue weighted by molar-refractivity contribution is 7.98. The third-order valence-corrected chi connectivity index (χ3v) is 8.52. The summed E-state index contributed by atoms with van der Waals surface area (Å²) >= 11 is 1.38. The van der Waals surface area contributed by atoms with Crippen LogP contribution in [0.5, 0.6) is 5.75 Å². The molecule has 0 aliphatic heterocycles. The first kappa shape index (κ1) is 34.7. The van der Waals surface area contributed by atoms with E-state index in [0.29, 0.717) is 10.6 Å². The summed E-state index contributed by atoms with van der Waals surface area (Å²) in [5.41, 5.74) is 1.68. The second kappa shape index (κ2) is 21.3. The lowest BCUT2D eigenvalue weighted by atomic mass is 10.0. The number of amides is 1. The number of benzene rings is 2. The molecule has 1 N–H and O–H groups in total. The minimum absolute atomic E-state index is 0.0972. The van der Waals surface area contributed by atoms with Gasteiger partial charge >= 0.3 is 5.97 Å². The van der Waals surface area contributed by atoms with Gasteiger partial charge in [-0.1, -0.05) is 115 Å². The zero-order chi connectivity index (χ0) is 29.7. The van der Waals surface area contributed by atoms with Crippen molar-refractivity contribution >= 4 is 29.3 Å². The molecule has 5 nitrogen and oxygen atoms in total. The lowest BCUT2D eigenvalue weighted by molar-refractivity contribution is -0.117. The van der Waals surface area contributed by atoms with Crippen LogP contribution in [0, 0.1) is 0 Å². The Hall–Kier alpha value is -2.47. The number of likely N-dealkylation sites (N-methyl/N-ethyl adjacent to an activating group) is 1. The quantitative estimate of drug-likeness (QED) is 0.104. The van der Waals surface area contributed by atoms with Crippen molar-refractivity contribution in [2.24, 2.45) is 0 Å². The summed E-state index contributed by atoms with van der Waals surface area (Å²) in [6.45, 7) is 3.00. The van der Waals surface area contributed by atoms with Gasteiger partial charge in [0, 0.05) is 17.6 Å². The van der Waals surface area contributed by atoms with Gasteiger partial charge in [-0.3, -0.25) is 4.79 Å². The maximum Gasteiger partial charge on any atom is 0.336 e. The highest BCUT2D eigenvalue weighted by Crippen LogP contribution is 2.26. The molecule has 0 fully saturated rings. The topological polar surface area (TPSA) is 66.8 Å². The summed E-state index contributed by atoms with van der Waals surface area (Å²) in [5.74, 6) is -0.262. The van der Waals surface area contributed by atoms with Crippen LogP contribution in [0.25, 0.3) is 0 Å². The van der Waals surface area contributed by atoms with E-state index in [1.807, 2.05) is 30.5 Å². The number of carboxylic acid groups (broad SMARTS) is 1. The fraction of sp³-hybridized carbons (Fsp3) is 0.600. The van der Waals surface area contributed by atoms with Crippen LogP contribution in [0.15, 0.2) is 47.4 Å². The molecular weight excluding hydrogens is 530 g/mol. The second-order valence-electron chi connectivity index (χ2n) is 11.1. The Morgan fingerprint density at radius 1 is 0.756 bits per heavy atom. The number of carboxylic acids is 1. The normalized spacial score (nSPS) is 11.0. The molecule has 0 heterocycles. The fourth-order valence-corrected chi connectivity index (χ4v) is 5.62. The smallest absolute Gasteiger partial charge is 0.336 e. The van der Waals surface area contributed by atoms with Crippen LogP contribution in [0.2, 0.25) is 0 Å². The number of carbonyl (C=O) groups is 2. The first-order chi connectivity index (χ1) is 20.0. The van der Waals surface area contributed by atoms with Crippen LogP contribution in [0.3, 0.4) is 0 Å². The molecule has 0 aromatic heterocycles. The van der Waals surface area contributed by atoms with Crippen molar-refractivity contribution in [1.29, 1.82) is 0 Å². The molecule has 2 aromatic rings. The summed E-state index contributed by atoms with van der Waals surface area (Å²) < 4.78 is 5.91. The van der Waals surface area contributed by atoms with E-state index in [2.05, 4.69) is 6.92 Å². The molecule has 1 amide bonds. The summed E-state index contributed by atoms with van der Waals surface area (Å²) in [5, 5.41) is 9.47. The Bertz CT molecular complexity index is 1010. The fourth-order valence-electron chi connectivity index (χ4n) is 5.05. The van der Waals surface area contributed by atoms with E-state index < -0.39 is 5.97 Å². The number of aromatic carboxylic acids is 1. The number of carbonyl (C=O) groups excluding carboxylic acids is 1. The van der Waals surface area contributed by atoms with E-state index in [9.17, 15) is 14.7 Å². The molecule has 2 aromatic carbocycles.